The molecule has 0 bridgehead atoms. The number of nitrogens with zero attached hydrogens (tertiary/aromatic N) is 1. The largest absolute Gasteiger partial charge is 0.385 e. The second-order valence-electron chi connectivity index (χ2n) is 3.45. The van der Waals surface area contributed by atoms with Crippen molar-refractivity contribution in [1.29, 1.82) is 0 Å². The summed E-state index contributed by atoms with van der Waals surface area (Å²) in [6.07, 6.45) is 3.84. The quantitative estimate of drug-likeness (QED) is 0.653. The molecule has 0 aromatic carbocycles. The van der Waals surface area contributed by atoms with E-state index in [0.717, 1.165) is 37.5 Å². The van der Waals surface area contributed by atoms with E-state index in [2.05, 4.69) is 10.3 Å². The second-order valence-corrected chi connectivity index (χ2v) is 4.43. The molecule has 0 saturated heterocycles. The summed E-state index contributed by atoms with van der Waals surface area (Å²) in [7, 11) is 1.71. The fourth-order valence-electron chi connectivity index (χ4n) is 1.30. The van der Waals surface area contributed by atoms with Gasteiger partial charge in [-0.15, -0.1) is 11.3 Å². The van der Waals surface area contributed by atoms with Crippen molar-refractivity contribution >= 4 is 11.3 Å². The first kappa shape index (κ1) is 12.6. The third-order valence-corrected chi connectivity index (χ3v) is 2.87. The zero-order valence-corrected chi connectivity index (χ0v) is 9.93. The molecule has 1 aromatic heterocycles. The zero-order valence-electron chi connectivity index (χ0n) is 9.11. The van der Waals surface area contributed by atoms with E-state index in [-0.39, 0.29) is 6.04 Å². The van der Waals surface area contributed by atoms with Gasteiger partial charge in [0, 0.05) is 44.4 Å². The predicted molar refractivity (Wildman–Crippen MR) is 62.9 cm³/mol. The van der Waals surface area contributed by atoms with Crippen LogP contribution in [-0.4, -0.2) is 31.3 Å². The van der Waals surface area contributed by atoms with E-state index in [1.54, 1.807) is 18.4 Å². The highest BCUT2D eigenvalue weighted by Crippen LogP contribution is 2.02. The van der Waals surface area contributed by atoms with Crippen molar-refractivity contribution < 1.29 is 4.74 Å². The molecule has 0 aliphatic heterocycles. The Labute approximate surface area is 94.8 Å². The number of ether oxygens (including phenoxy) is 1. The van der Waals surface area contributed by atoms with Gasteiger partial charge in [-0.25, -0.2) is 4.98 Å². The highest BCUT2D eigenvalue weighted by molar-refractivity contribution is 7.09. The summed E-state index contributed by atoms with van der Waals surface area (Å²) >= 11 is 1.66. The van der Waals surface area contributed by atoms with Crippen molar-refractivity contribution in [3.05, 3.63) is 16.6 Å². The third kappa shape index (κ3) is 5.84. The van der Waals surface area contributed by atoms with Crippen LogP contribution in [0.1, 0.15) is 17.8 Å². The lowest BCUT2D eigenvalue weighted by atomic mass is 10.2. The monoisotopic (exact) mass is 229 g/mol. The molecule has 3 N–H and O–H groups in total. The molecule has 1 unspecified atom stereocenters. The minimum Gasteiger partial charge on any atom is -0.385 e. The van der Waals surface area contributed by atoms with Crippen LogP contribution in [0.2, 0.25) is 0 Å². The molecule has 4 nitrogen and oxygen atoms in total. The van der Waals surface area contributed by atoms with Crippen LogP contribution in [0.4, 0.5) is 0 Å². The van der Waals surface area contributed by atoms with Gasteiger partial charge in [-0.1, -0.05) is 0 Å². The van der Waals surface area contributed by atoms with Crippen LogP contribution in [0, 0.1) is 0 Å². The first-order chi connectivity index (χ1) is 7.33. The van der Waals surface area contributed by atoms with Crippen LogP contribution >= 0.6 is 11.3 Å². The molecule has 0 aliphatic rings. The van der Waals surface area contributed by atoms with Crippen LogP contribution in [0.3, 0.4) is 0 Å². The number of hydrogen-bond donors (Lipinski definition) is 2. The van der Waals surface area contributed by atoms with E-state index in [0.29, 0.717) is 0 Å². The van der Waals surface area contributed by atoms with Gasteiger partial charge in [-0.2, -0.15) is 0 Å². The van der Waals surface area contributed by atoms with E-state index >= 15 is 0 Å². The molecule has 0 fully saturated rings. The van der Waals surface area contributed by atoms with Gasteiger partial charge in [-0.3, -0.25) is 0 Å². The molecule has 5 heteroatoms. The summed E-state index contributed by atoms with van der Waals surface area (Å²) in [6.45, 7) is 2.44. The molecule has 0 amide bonds. The predicted octanol–water partition coefficient (Wildman–Crippen LogP) is 0.987. The van der Waals surface area contributed by atoms with Gasteiger partial charge in [0.2, 0.25) is 0 Å². The summed E-state index contributed by atoms with van der Waals surface area (Å²) in [4.78, 5) is 4.18. The Kier molecular flexibility index (Phi) is 6.50. The highest BCUT2D eigenvalue weighted by atomic mass is 32.1. The smallest absolute Gasteiger partial charge is 0.106 e. The van der Waals surface area contributed by atoms with Crippen molar-refractivity contribution in [1.82, 2.24) is 10.3 Å². The highest BCUT2D eigenvalue weighted by Gasteiger charge is 2.02. The third-order valence-electron chi connectivity index (χ3n) is 2.09. The zero-order chi connectivity index (χ0) is 10.9. The van der Waals surface area contributed by atoms with Crippen LogP contribution in [0.25, 0.3) is 0 Å². The molecular formula is C10H19N3OS. The number of aromatic nitrogens is 1. The van der Waals surface area contributed by atoms with Gasteiger partial charge in [-0.05, 0) is 12.8 Å². The Balaban J connectivity index is 1.99. The van der Waals surface area contributed by atoms with Gasteiger partial charge < -0.3 is 15.8 Å². The summed E-state index contributed by atoms with van der Waals surface area (Å²) in [5, 5.41) is 6.39. The van der Waals surface area contributed by atoms with Crippen molar-refractivity contribution in [3.8, 4) is 0 Å². The van der Waals surface area contributed by atoms with Gasteiger partial charge in [0.15, 0.2) is 0 Å². The molecular weight excluding hydrogens is 210 g/mol. The Hall–Kier alpha value is -0.490. The van der Waals surface area contributed by atoms with Gasteiger partial charge in [0.25, 0.3) is 0 Å². The van der Waals surface area contributed by atoms with Crippen molar-refractivity contribution in [2.75, 3.05) is 20.3 Å². The molecule has 1 rings (SSSR count). The number of rotatable bonds is 8. The lowest BCUT2D eigenvalue weighted by Crippen LogP contribution is -2.33. The lowest BCUT2D eigenvalue weighted by Gasteiger charge is -2.11. The average molecular weight is 229 g/mol. The second kappa shape index (κ2) is 7.76. The summed E-state index contributed by atoms with van der Waals surface area (Å²) in [5.74, 6) is 0. The number of thiazole rings is 1. The van der Waals surface area contributed by atoms with E-state index < -0.39 is 0 Å². The maximum atomic E-state index is 5.92. The normalized spacial score (nSPS) is 12.9. The van der Waals surface area contributed by atoms with Gasteiger partial charge in [0.1, 0.15) is 5.01 Å². The van der Waals surface area contributed by atoms with Gasteiger partial charge >= 0.3 is 0 Å². The Morgan fingerprint density at radius 3 is 3.20 bits per heavy atom. The molecule has 0 aliphatic carbocycles. The first-order valence-electron chi connectivity index (χ1n) is 5.16. The minimum atomic E-state index is 0.208. The molecule has 0 saturated carbocycles. The van der Waals surface area contributed by atoms with Crippen LogP contribution in [0.5, 0.6) is 0 Å². The standard InChI is InChI=1S/C10H19N3OS/c1-14-5-2-3-9(11)7-12-8-10-13-4-6-15-10/h4,6,9,12H,2-3,5,7-8,11H2,1H3. The Morgan fingerprint density at radius 1 is 1.67 bits per heavy atom. The topological polar surface area (TPSA) is 60.2 Å². The van der Waals surface area contributed by atoms with E-state index in [9.17, 15) is 0 Å². The molecule has 1 aromatic rings. The fourth-order valence-corrected chi connectivity index (χ4v) is 1.88. The number of nitrogens with one attached hydrogen (secondary N) is 1. The molecule has 1 heterocycles. The van der Waals surface area contributed by atoms with Gasteiger partial charge in [0.05, 0.1) is 0 Å². The average Bonchev–Trinajstić information content (AvgIpc) is 2.71. The first-order valence-corrected chi connectivity index (χ1v) is 6.04. The van der Waals surface area contributed by atoms with E-state index in [1.165, 1.54) is 0 Å². The van der Waals surface area contributed by atoms with Crippen molar-refractivity contribution in [2.45, 2.75) is 25.4 Å². The maximum Gasteiger partial charge on any atom is 0.106 e. The number of hydrogen-bond acceptors (Lipinski definition) is 5. The minimum absolute atomic E-state index is 0.208. The summed E-state index contributed by atoms with van der Waals surface area (Å²) in [6, 6.07) is 0.208. The summed E-state index contributed by atoms with van der Waals surface area (Å²) < 4.78 is 4.97. The van der Waals surface area contributed by atoms with Crippen LogP contribution in [0.15, 0.2) is 11.6 Å². The molecule has 0 spiro atoms. The maximum absolute atomic E-state index is 5.92. The number of nitrogens with two attached hydrogens (primary N) is 1. The Morgan fingerprint density at radius 2 is 2.53 bits per heavy atom. The van der Waals surface area contributed by atoms with Crippen LogP contribution in [-0.2, 0) is 11.3 Å². The van der Waals surface area contributed by atoms with E-state index in [4.69, 9.17) is 10.5 Å². The van der Waals surface area contributed by atoms with Crippen molar-refractivity contribution in [3.63, 3.8) is 0 Å². The fraction of sp³-hybridized carbons (Fsp3) is 0.700. The molecule has 0 radical (unpaired) electrons. The lowest BCUT2D eigenvalue weighted by molar-refractivity contribution is 0.190. The molecule has 15 heavy (non-hydrogen) atoms. The molecule has 1 atom stereocenters. The number of methoxy groups -OCH3 is 1. The summed E-state index contributed by atoms with van der Waals surface area (Å²) in [5.41, 5.74) is 5.92. The van der Waals surface area contributed by atoms with E-state index in [1.807, 2.05) is 11.6 Å². The van der Waals surface area contributed by atoms with Crippen molar-refractivity contribution in [2.24, 2.45) is 5.73 Å². The molecule has 86 valence electrons. The van der Waals surface area contributed by atoms with Crippen LogP contribution < -0.4 is 11.1 Å². The Bertz CT molecular complexity index is 241. The SMILES string of the molecule is COCCCC(N)CNCc1nccs1.